The Hall–Kier alpha value is -1.52. The van der Waals surface area contributed by atoms with E-state index in [1.54, 1.807) is 0 Å². The molecule has 1 saturated carbocycles. The summed E-state index contributed by atoms with van der Waals surface area (Å²) in [4.78, 5) is 11.0. The lowest BCUT2D eigenvalue weighted by molar-refractivity contribution is -0.142. The number of nitrogens with one attached hydrogen (secondary N) is 1. The number of hydrogen-bond acceptors (Lipinski definition) is 3. The smallest absolute Gasteiger partial charge is 0.306 e. The zero-order chi connectivity index (χ0) is 14.7. The van der Waals surface area contributed by atoms with Gasteiger partial charge in [-0.05, 0) is 46.0 Å². The Morgan fingerprint density at radius 1 is 1.50 bits per heavy atom. The number of rotatable bonds is 5. The Kier molecular flexibility index (Phi) is 4.68. The van der Waals surface area contributed by atoms with Crippen LogP contribution in [0.5, 0.6) is 0 Å². The van der Waals surface area contributed by atoms with Gasteiger partial charge in [-0.2, -0.15) is 5.10 Å². The van der Waals surface area contributed by atoms with Gasteiger partial charge in [0.15, 0.2) is 0 Å². The minimum atomic E-state index is -0.649. The second-order valence-corrected chi connectivity index (χ2v) is 5.88. The topological polar surface area (TPSA) is 67.2 Å². The van der Waals surface area contributed by atoms with Gasteiger partial charge in [-0.15, -0.1) is 0 Å². The van der Waals surface area contributed by atoms with Gasteiger partial charge in [0.1, 0.15) is 0 Å². The molecule has 1 atom stereocenters. The van der Waals surface area contributed by atoms with E-state index in [2.05, 4.69) is 35.9 Å². The summed E-state index contributed by atoms with van der Waals surface area (Å²) in [6.45, 7) is 6.41. The second kappa shape index (κ2) is 6.29. The van der Waals surface area contributed by atoms with Gasteiger partial charge in [-0.25, -0.2) is 0 Å². The molecule has 1 aliphatic carbocycles. The Morgan fingerprint density at radius 2 is 2.15 bits per heavy atom. The first kappa shape index (κ1) is 14.9. The van der Waals surface area contributed by atoms with Crippen LogP contribution < -0.4 is 5.32 Å². The summed E-state index contributed by atoms with van der Waals surface area (Å²) in [5.41, 5.74) is 2.25. The van der Waals surface area contributed by atoms with Gasteiger partial charge < -0.3 is 10.4 Å². The van der Waals surface area contributed by atoms with Crippen LogP contribution in [-0.2, 0) is 4.79 Å². The number of aromatic nitrogens is 2. The van der Waals surface area contributed by atoms with Crippen LogP contribution in [0.15, 0.2) is 6.20 Å². The molecule has 1 aromatic heterocycles. The van der Waals surface area contributed by atoms with Crippen molar-refractivity contribution in [1.29, 1.82) is 0 Å². The van der Waals surface area contributed by atoms with Crippen molar-refractivity contribution in [3.05, 3.63) is 11.9 Å². The van der Waals surface area contributed by atoms with Crippen LogP contribution in [0.1, 0.15) is 57.7 Å². The average molecular weight is 279 g/mol. The first-order chi connectivity index (χ1) is 9.52. The summed E-state index contributed by atoms with van der Waals surface area (Å²) in [5.74, 6) is -0.804. The van der Waals surface area contributed by atoms with Gasteiger partial charge >= 0.3 is 5.97 Å². The van der Waals surface area contributed by atoms with Crippen LogP contribution >= 0.6 is 0 Å². The SMILES string of the molecule is CCC(C)n1ncc(NC2CCC(C(=O)O)CC2)c1C. The summed E-state index contributed by atoms with van der Waals surface area (Å²) in [6, 6.07) is 0.784. The Labute approximate surface area is 120 Å². The van der Waals surface area contributed by atoms with Crippen molar-refractivity contribution in [3.63, 3.8) is 0 Å². The van der Waals surface area contributed by atoms with E-state index < -0.39 is 5.97 Å². The molecule has 2 rings (SSSR count). The second-order valence-electron chi connectivity index (χ2n) is 5.88. The molecule has 0 saturated heterocycles. The molecule has 1 fully saturated rings. The highest BCUT2D eigenvalue weighted by Gasteiger charge is 2.26. The number of hydrogen-bond donors (Lipinski definition) is 2. The van der Waals surface area contributed by atoms with Crippen LogP contribution in [0.4, 0.5) is 5.69 Å². The van der Waals surface area contributed by atoms with Gasteiger partial charge in [0.05, 0.1) is 23.5 Å². The molecule has 1 aromatic rings. The number of carbonyl (C=O) groups is 1. The van der Waals surface area contributed by atoms with E-state index in [0.717, 1.165) is 37.8 Å². The van der Waals surface area contributed by atoms with Crippen molar-refractivity contribution in [2.75, 3.05) is 5.32 Å². The first-order valence-corrected chi connectivity index (χ1v) is 7.56. The lowest BCUT2D eigenvalue weighted by atomic mass is 9.86. The third kappa shape index (κ3) is 3.14. The fourth-order valence-electron chi connectivity index (χ4n) is 2.89. The maximum absolute atomic E-state index is 11.0. The first-order valence-electron chi connectivity index (χ1n) is 7.56. The summed E-state index contributed by atoms with van der Waals surface area (Å²) >= 11 is 0. The van der Waals surface area contributed by atoms with E-state index in [0.29, 0.717) is 12.1 Å². The van der Waals surface area contributed by atoms with Crippen LogP contribution in [-0.4, -0.2) is 26.9 Å². The van der Waals surface area contributed by atoms with Crippen LogP contribution in [0.2, 0.25) is 0 Å². The Bertz CT molecular complexity index is 462. The molecule has 0 bridgehead atoms. The molecule has 2 N–H and O–H groups in total. The summed E-state index contributed by atoms with van der Waals surface area (Å²) < 4.78 is 2.06. The van der Waals surface area contributed by atoms with E-state index in [9.17, 15) is 4.79 Å². The summed E-state index contributed by atoms with van der Waals surface area (Å²) in [5, 5.41) is 17.0. The minimum absolute atomic E-state index is 0.156. The van der Waals surface area contributed by atoms with Crippen molar-refractivity contribution in [3.8, 4) is 0 Å². The lowest BCUT2D eigenvalue weighted by Gasteiger charge is -2.27. The molecule has 1 aliphatic rings. The fraction of sp³-hybridized carbons (Fsp3) is 0.733. The number of carboxylic acids is 1. The van der Waals surface area contributed by atoms with Crippen molar-refractivity contribution >= 4 is 11.7 Å². The number of anilines is 1. The number of carboxylic acid groups (broad SMARTS) is 1. The summed E-state index contributed by atoms with van der Waals surface area (Å²) in [6.07, 6.45) is 6.34. The zero-order valence-electron chi connectivity index (χ0n) is 12.6. The van der Waals surface area contributed by atoms with Gasteiger partial charge in [-0.3, -0.25) is 9.48 Å². The third-order valence-electron chi connectivity index (χ3n) is 4.49. The maximum atomic E-state index is 11.0. The van der Waals surface area contributed by atoms with E-state index in [-0.39, 0.29) is 5.92 Å². The molecule has 5 heteroatoms. The molecule has 1 unspecified atom stereocenters. The van der Waals surface area contributed by atoms with E-state index in [1.807, 2.05) is 6.20 Å². The molecular weight excluding hydrogens is 254 g/mol. The fourth-order valence-corrected chi connectivity index (χ4v) is 2.89. The quantitative estimate of drug-likeness (QED) is 0.868. The van der Waals surface area contributed by atoms with Crippen molar-refractivity contribution in [1.82, 2.24) is 9.78 Å². The van der Waals surface area contributed by atoms with Crippen LogP contribution in [0.3, 0.4) is 0 Å². The predicted molar refractivity (Wildman–Crippen MR) is 79.0 cm³/mol. The molecule has 1 heterocycles. The monoisotopic (exact) mass is 279 g/mol. The highest BCUT2D eigenvalue weighted by atomic mass is 16.4. The largest absolute Gasteiger partial charge is 0.481 e. The van der Waals surface area contributed by atoms with E-state index >= 15 is 0 Å². The van der Waals surface area contributed by atoms with Crippen LogP contribution in [0.25, 0.3) is 0 Å². The highest BCUT2D eigenvalue weighted by Crippen LogP contribution is 2.28. The molecule has 0 radical (unpaired) electrons. The molecule has 0 aromatic carbocycles. The van der Waals surface area contributed by atoms with Crippen molar-refractivity contribution < 1.29 is 9.90 Å². The molecule has 0 amide bonds. The van der Waals surface area contributed by atoms with Crippen molar-refractivity contribution in [2.45, 2.75) is 65.0 Å². The third-order valence-corrected chi connectivity index (χ3v) is 4.49. The minimum Gasteiger partial charge on any atom is -0.481 e. The molecule has 112 valence electrons. The van der Waals surface area contributed by atoms with Crippen molar-refractivity contribution in [2.24, 2.45) is 5.92 Å². The molecule has 0 aliphatic heterocycles. The van der Waals surface area contributed by atoms with Gasteiger partial charge in [0.25, 0.3) is 0 Å². The highest BCUT2D eigenvalue weighted by molar-refractivity contribution is 5.70. The molecular formula is C15H25N3O2. The van der Waals surface area contributed by atoms with E-state index in [4.69, 9.17) is 5.11 Å². The predicted octanol–water partition coefficient (Wildman–Crippen LogP) is 3.22. The maximum Gasteiger partial charge on any atom is 0.306 e. The van der Waals surface area contributed by atoms with Crippen LogP contribution in [0, 0.1) is 12.8 Å². The Balaban J connectivity index is 1.95. The average Bonchev–Trinajstić information content (AvgIpc) is 2.80. The molecule has 20 heavy (non-hydrogen) atoms. The molecule has 5 nitrogen and oxygen atoms in total. The lowest BCUT2D eigenvalue weighted by Crippen LogP contribution is -2.29. The van der Waals surface area contributed by atoms with Gasteiger partial charge in [-0.1, -0.05) is 6.92 Å². The number of aliphatic carboxylic acids is 1. The molecule has 0 spiro atoms. The number of nitrogens with zero attached hydrogens (tertiary/aromatic N) is 2. The Morgan fingerprint density at radius 3 is 2.70 bits per heavy atom. The van der Waals surface area contributed by atoms with Gasteiger partial charge in [0.2, 0.25) is 0 Å². The normalized spacial score (nSPS) is 24.4. The van der Waals surface area contributed by atoms with Gasteiger partial charge in [0, 0.05) is 12.1 Å². The summed E-state index contributed by atoms with van der Waals surface area (Å²) in [7, 11) is 0. The zero-order valence-corrected chi connectivity index (χ0v) is 12.6. The standard InChI is InChI=1S/C15H25N3O2/c1-4-10(2)18-11(3)14(9-16-18)17-13-7-5-12(6-8-13)15(19)20/h9-10,12-13,17H,4-8H2,1-3H3,(H,19,20). The van der Waals surface area contributed by atoms with E-state index in [1.165, 1.54) is 5.69 Å².